The Labute approximate surface area is 130 Å². The summed E-state index contributed by atoms with van der Waals surface area (Å²) >= 11 is 2.22. The molecule has 0 fully saturated rings. The van der Waals surface area contributed by atoms with E-state index in [0.29, 0.717) is 11.3 Å². The molecule has 2 rings (SSSR count). The molecule has 0 radical (unpaired) electrons. The van der Waals surface area contributed by atoms with Crippen LogP contribution >= 0.6 is 22.6 Å². The van der Waals surface area contributed by atoms with Crippen LogP contribution in [-0.4, -0.2) is 11.6 Å². The molecule has 20 heavy (non-hydrogen) atoms. The minimum absolute atomic E-state index is 0.366. The van der Waals surface area contributed by atoms with E-state index < -0.39 is 0 Å². The van der Waals surface area contributed by atoms with E-state index in [2.05, 4.69) is 33.1 Å². The molecule has 0 unspecified atom stereocenters. The zero-order valence-electron chi connectivity index (χ0n) is 10.7. The maximum atomic E-state index is 12.8. The molecule has 0 bridgehead atoms. The molecule has 1 N–H and O–H groups in total. The average molecular weight is 382 g/mol. The number of benzene rings is 2. The molecule has 0 atom stereocenters. The van der Waals surface area contributed by atoms with E-state index in [9.17, 15) is 9.18 Å². The van der Waals surface area contributed by atoms with E-state index >= 15 is 0 Å². The largest absolute Gasteiger partial charge is 0.271 e. The van der Waals surface area contributed by atoms with Crippen LogP contribution < -0.4 is 5.43 Å². The van der Waals surface area contributed by atoms with Gasteiger partial charge >= 0.3 is 0 Å². The molecule has 0 aliphatic carbocycles. The van der Waals surface area contributed by atoms with Gasteiger partial charge < -0.3 is 0 Å². The fraction of sp³-hybridized carbons (Fsp3) is 0.0667. The molecule has 3 nitrogen and oxygen atoms in total. The lowest BCUT2D eigenvalue weighted by Gasteiger charge is -2.03. The number of nitrogens with one attached hydrogen (secondary N) is 1. The molecule has 0 spiro atoms. The van der Waals surface area contributed by atoms with Crippen molar-refractivity contribution in [2.24, 2.45) is 5.10 Å². The summed E-state index contributed by atoms with van der Waals surface area (Å²) in [6, 6.07) is 13.1. The number of hydrogen-bond donors (Lipinski definition) is 1. The summed E-state index contributed by atoms with van der Waals surface area (Å²) in [5.41, 5.74) is 4.46. The Hall–Kier alpha value is -1.76. The number of halogens is 2. The van der Waals surface area contributed by atoms with Crippen molar-refractivity contribution in [3.8, 4) is 0 Å². The predicted octanol–water partition coefficient (Wildman–Crippen LogP) is 3.58. The van der Waals surface area contributed by atoms with Crippen LogP contribution in [-0.2, 0) is 0 Å². The van der Waals surface area contributed by atoms with Crippen LogP contribution in [0.1, 0.15) is 22.8 Å². The lowest BCUT2D eigenvalue weighted by atomic mass is 10.1. The van der Waals surface area contributed by atoms with Gasteiger partial charge in [-0.1, -0.05) is 12.1 Å². The van der Waals surface area contributed by atoms with Crippen molar-refractivity contribution >= 4 is 34.2 Å². The van der Waals surface area contributed by atoms with Gasteiger partial charge in [0.2, 0.25) is 0 Å². The molecule has 0 saturated heterocycles. The molecule has 0 saturated carbocycles. The topological polar surface area (TPSA) is 41.5 Å². The van der Waals surface area contributed by atoms with Gasteiger partial charge in [0.1, 0.15) is 5.82 Å². The van der Waals surface area contributed by atoms with Gasteiger partial charge in [-0.25, -0.2) is 9.82 Å². The first kappa shape index (κ1) is 14.6. The Morgan fingerprint density at radius 1 is 1.05 bits per heavy atom. The maximum Gasteiger partial charge on any atom is 0.271 e. The second kappa shape index (κ2) is 6.60. The number of rotatable bonds is 3. The third kappa shape index (κ3) is 3.86. The summed E-state index contributed by atoms with van der Waals surface area (Å²) in [5.74, 6) is -0.741. The highest BCUT2D eigenvalue weighted by atomic mass is 127. The van der Waals surface area contributed by atoms with Gasteiger partial charge in [0.05, 0.1) is 5.71 Å². The normalized spacial score (nSPS) is 11.2. The second-order valence-corrected chi connectivity index (χ2v) is 5.40. The molecule has 2 aromatic rings. The Morgan fingerprint density at radius 3 is 2.20 bits per heavy atom. The lowest BCUT2D eigenvalue weighted by molar-refractivity contribution is 0.0955. The zero-order chi connectivity index (χ0) is 14.5. The van der Waals surface area contributed by atoms with Gasteiger partial charge in [-0.05, 0) is 71.5 Å². The van der Waals surface area contributed by atoms with Gasteiger partial charge in [0.25, 0.3) is 5.91 Å². The molecule has 0 aromatic heterocycles. The molecule has 102 valence electrons. The van der Waals surface area contributed by atoms with Crippen molar-refractivity contribution in [2.75, 3.05) is 0 Å². The van der Waals surface area contributed by atoms with Crippen molar-refractivity contribution < 1.29 is 9.18 Å². The van der Waals surface area contributed by atoms with Crippen molar-refractivity contribution in [1.82, 2.24) is 5.43 Å². The molecule has 1 amide bonds. The van der Waals surface area contributed by atoms with E-state index in [1.807, 2.05) is 31.2 Å². The first-order valence-electron chi connectivity index (χ1n) is 5.92. The molecule has 0 aliphatic rings. The number of hydrogen-bond acceptors (Lipinski definition) is 2. The molecule has 0 heterocycles. The number of nitrogens with zero attached hydrogens (tertiary/aromatic N) is 1. The second-order valence-electron chi connectivity index (χ2n) is 4.15. The highest BCUT2D eigenvalue weighted by Crippen LogP contribution is 2.08. The Bertz CT molecular complexity index is 636. The van der Waals surface area contributed by atoms with E-state index in [0.717, 1.165) is 9.13 Å². The summed E-state index contributed by atoms with van der Waals surface area (Å²) in [4.78, 5) is 11.8. The summed E-state index contributed by atoms with van der Waals surface area (Å²) in [6.07, 6.45) is 0. The van der Waals surface area contributed by atoms with Crippen molar-refractivity contribution in [3.63, 3.8) is 0 Å². The maximum absolute atomic E-state index is 12.8. The summed E-state index contributed by atoms with van der Waals surface area (Å²) < 4.78 is 13.9. The van der Waals surface area contributed by atoms with Crippen LogP contribution in [0.15, 0.2) is 53.6 Å². The monoisotopic (exact) mass is 382 g/mol. The van der Waals surface area contributed by atoms with Crippen LogP contribution in [0.5, 0.6) is 0 Å². The van der Waals surface area contributed by atoms with E-state index in [-0.39, 0.29) is 11.7 Å². The molecule has 2 aromatic carbocycles. The minimum Gasteiger partial charge on any atom is -0.267 e. The fourth-order valence-corrected chi connectivity index (χ4v) is 1.92. The first-order chi connectivity index (χ1) is 9.56. The summed E-state index contributed by atoms with van der Waals surface area (Å²) in [5, 5.41) is 4.04. The van der Waals surface area contributed by atoms with Gasteiger partial charge in [-0.3, -0.25) is 4.79 Å². The van der Waals surface area contributed by atoms with Gasteiger partial charge in [-0.2, -0.15) is 5.10 Å². The quantitative estimate of drug-likeness (QED) is 0.492. The van der Waals surface area contributed by atoms with Crippen LogP contribution in [0, 0.1) is 9.39 Å². The van der Waals surface area contributed by atoms with Crippen molar-refractivity contribution in [2.45, 2.75) is 6.92 Å². The predicted molar refractivity (Wildman–Crippen MR) is 85.2 cm³/mol. The molecular formula is C15H12FIN2O. The van der Waals surface area contributed by atoms with Gasteiger partial charge in [0.15, 0.2) is 0 Å². The minimum atomic E-state index is -0.375. The lowest BCUT2D eigenvalue weighted by Crippen LogP contribution is -2.19. The average Bonchev–Trinajstić information content (AvgIpc) is 2.46. The number of amides is 1. The van der Waals surface area contributed by atoms with Crippen LogP contribution in [0.3, 0.4) is 0 Å². The summed E-state index contributed by atoms with van der Waals surface area (Å²) in [6.45, 7) is 1.81. The molecule has 0 aliphatic heterocycles. The third-order valence-electron chi connectivity index (χ3n) is 2.69. The number of carbonyl (C=O) groups excluding carboxylic acids is 1. The van der Waals surface area contributed by atoms with Crippen molar-refractivity contribution in [3.05, 3.63) is 69.0 Å². The van der Waals surface area contributed by atoms with E-state index in [1.54, 1.807) is 0 Å². The Kier molecular flexibility index (Phi) is 4.84. The first-order valence-corrected chi connectivity index (χ1v) is 7.00. The highest BCUT2D eigenvalue weighted by Gasteiger charge is 2.04. The van der Waals surface area contributed by atoms with Crippen LogP contribution in [0.4, 0.5) is 4.39 Å². The standard InChI is InChI=1S/C15H12FIN2O/c1-10(11-4-8-14(17)9-5-11)18-19-15(20)12-2-6-13(16)7-3-12/h2-9H,1H3,(H,19,20)/b18-10-. The SMILES string of the molecule is C/C(=N/NC(=O)c1ccc(F)cc1)c1ccc(I)cc1. The highest BCUT2D eigenvalue weighted by molar-refractivity contribution is 14.1. The molecular weight excluding hydrogens is 370 g/mol. The van der Waals surface area contributed by atoms with Crippen LogP contribution in [0.25, 0.3) is 0 Å². The van der Waals surface area contributed by atoms with E-state index in [1.165, 1.54) is 24.3 Å². The Morgan fingerprint density at radius 2 is 1.60 bits per heavy atom. The Balaban J connectivity index is 2.06. The fourth-order valence-electron chi connectivity index (χ4n) is 1.56. The van der Waals surface area contributed by atoms with Gasteiger partial charge in [0, 0.05) is 9.13 Å². The van der Waals surface area contributed by atoms with E-state index in [4.69, 9.17) is 0 Å². The number of hydrazone groups is 1. The summed E-state index contributed by atoms with van der Waals surface area (Å²) in [7, 11) is 0. The third-order valence-corrected chi connectivity index (χ3v) is 3.41. The smallest absolute Gasteiger partial charge is 0.267 e. The molecule has 5 heteroatoms. The zero-order valence-corrected chi connectivity index (χ0v) is 12.9. The van der Waals surface area contributed by atoms with Crippen LogP contribution in [0.2, 0.25) is 0 Å². The number of carbonyl (C=O) groups is 1. The van der Waals surface area contributed by atoms with Crippen molar-refractivity contribution in [1.29, 1.82) is 0 Å². The van der Waals surface area contributed by atoms with Gasteiger partial charge in [-0.15, -0.1) is 0 Å².